The molecule has 6 atom stereocenters. The fourth-order valence-electron chi connectivity index (χ4n) is 7.47. The van der Waals surface area contributed by atoms with Crippen molar-refractivity contribution in [2.24, 2.45) is 23.2 Å². The number of carbonyl (C=O) groups excluding carboxylic acids is 1. The van der Waals surface area contributed by atoms with Gasteiger partial charge < -0.3 is 5.11 Å². The largest absolute Gasteiger partial charge is 0.392 e. The molecule has 5 rings (SSSR count). The van der Waals surface area contributed by atoms with Crippen molar-refractivity contribution in [1.82, 2.24) is 0 Å². The van der Waals surface area contributed by atoms with Gasteiger partial charge in [-0.05, 0) is 109 Å². The molecule has 2 saturated carbocycles. The smallest absolute Gasteiger partial charge is 0.159 e. The minimum atomic E-state index is -0.253. The Labute approximate surface area is 200 Å². The lowest BCUT2D eigenvalue weighted by Crippen LogP contribution is -2.44. The number of aliphatic hydroxyl groups is 1. The van der Waals surface area contributed by atoms with Crippen molar-refractivity contribution in [2.75, 3.05) is 5.33 Å². The standard InChI is InChI=1S/C29H35BrO2/c1-18(31)21-5-3-4-20(15-21)16-23-17-27-26-9-7-22-14-19(11-13-30)6-8-24(22)25(26)10-12-29(27,2)28(23)32/h3-6,8,14-15,23,25-28,32H,7,9-13,16-17H2,1-2H3/t23-,25+,26+,27-,28-,29-/m0/s1. The summed E-state index contributed by atoms with van der Waals surface area (Å²) in [5, 5.41) is 12.5. The van der Waals surface area contributed by atoms with E-state index < -0.39 is 0 Å². The van der Waals surface area contributed by atoms with Crippen LogP contribution < -0.4 is 0 Å². The Bertz CT molecular complexity index is 1010. The minimum Gasteiger partial charge on any atom is -0.392 e. The van der Waals surface area contributed by atoms with Crippen molar-refractivity contribution < 1.29 is 9.90 Å². The molecular weight excluding hydrogens is 460 g/mol. The molecule has 0 bridgehead atoms. The van der Waals surface area contributed by atoms with Crippen LogP contribution in [0.4, 0.5) is 0 Å². The monoisotopic (exact) mass is 494 g/mol. The fraction of sp³-hybridized carbons (Fsp3) is 0.552. The van der Waals surface area contributed by atoms with Crippen molar-refractivity contribution >= 4 is 21.7 Å². The van der Waals surface area contributed by atoms with Crippen LogP contribution in [0.2, 0.25) is 0 Å². The average Bonchev–Trinajstić information content (AvgIpc) is 3.04. The van der Waals surface area contributed by atoms with Gasteiger partial charge in [-0.2, -0.15) is 0 Å². The van der Waals surface area contributed by atoms with E-state index in [0.717, 1.165) is 36.6 Å². The molecule has 0 saturated heterocycles. The summed E-state index contributed by atoms with van der Waals surface area (Å²) in [6.45, 7) is 3.99. The quantitative estimate of drug-likeness (QED) is 0.379. The third-order valence-electron chi connectivity index (χ3n) is 9.12. The van der Waals surface area contributed by atoms with E-state index in [1.807, 2.05) is 18.2 Å². The third kappa shape index (κ3) is 3.80. The van der Waals surface area contributed by atoms with Gasteiger partial charge >= 0.3 is 0 Å². The Kier molecular flexibility index (Phi) is 6.09. The first-order valence-electron chi connectivity index (χ1n) is 12.4. The molecule has 0 amide bonds. The van der Waals surface area contributed by atoms with E-state index in [2.05, 4.69) is 47.1 Å². The van der Waals surface area contributed by atoms with Crippen molar-refractivity contribution in [3.8, 4) is 0 Å². The number of fused-ring (bicyclic) bond motifs is 5. The highest BCUT2D eigenvalue weighted by atomic mass is 79.9. The molecule has 0 heterocycles. The zero-order valence-corrected chi connectivity index (χ0v) is 20.9. The second kappa shape index (κ2) is 8.72. The number of halogens is 1. The fourth-order valence-corrected chi connectivity index (χ4v) is 7.93. The van der Waals surface area contributed by atoms with Gasteiger partial charge in [0.05, 0.1) is 6.10 Å². The van der Waals surface area contributed by atoms with E-state index >= 15 is 0 Å². The molecule has 32 heavy (non-hydrogen) atoms. The maximum atomic E-state index is 11.8. The number of hydrogen-bond donors (Lipinski definition) is 1. The van der Waals surface area contributed by atoms with Gasteiger partial charge in [-0.25, -0.2) is 0 Å². The topological polar surface area (TPSA) is 37.3 Å². The second-order valence-corrected chi connectivity index (χ2v) is 11.6. The summed E-state index contributed by atoms with van der Waals surface area (Å²) in [6, 6.07) is 15.2. The van der Waals surface area contributed by atoms with Gasteiger partial charge in [-0.15, -0.1) is 0 Å². The van der Waals surface area contributed by atoms with Gasteiger partial charge in [0.15, 0.2) is 5.78 Å². The number of carbonyl (C=O) groups is 1. The van der Waals surface area contributed by atoms with Crippen molar-refractivity contribution in [2.45, 2.75) is 70.8 Å². The SMILES string of the molecule is CC(=O)c1cccc(C[C@H]2C[C@H]3[C@@H]4CCc5cc(CCBr)ccc5[C@H]4CC[C@]3(C)[C@H]2O)c1. The number of hydrogen-bond acceptors (Lipinski definition) is 2. The zero-order chi connectivity index (χ0) is 22.5. The van der Waals surface area contributed by atoms with E-state index in [9.17, 15) is 9.90 Å². The highest BCUT2D eigenvalue weighted by molar-refractivity contribution is 9.09. The van der Waals surface area contributed by atoms with Gasteiger partial charge in [0.2, 0.25) is 0 Å². The molecule has 0 radical (unpaired) electrons. The first-order chi connectivity index (χ1) is 15.4. The predicted octanol–water partition coefficient (Wildman–Crippen LogP) is 6.51. The molecule has 0 aromatic heterocycles. The maximum Gasteiger partial charge on any atom is 0.159 e. The van der Waals surface area contributed by atoms with E-state index in [1.54, 1.807) is 18.1 Å². The Hall–Kier alpha value is -1.45. The number of Topliss-reactive ketones (excluding diaryl/α,β-unsaturated/α-hetero) is 1. The van der Waals surface area contributed by atoms with Crippen LogP contribution in [0.3, 0.4) is 0 Å². The van der Waals surface area contributed by atoms with Gasteiger partial charge in [0.1, 0.15) is 0 Å². The molecule has 2 fully saturated rings. The van der Waals surface area contributed by atoms with Gasteiger partial charge in [0.25, 0.3) is 0 Å². The molecule has 1 N–H and O–H groups in total. The second-order valence-electron chi connectivity index (χ2n) is 10.8. The summed E-state index contributed by atoms with van der Waals surface area (Å²) in [5.41, 5.74) is 6.61. The number of rotatable bonds is 5. The summed E-state index contributed by atoms with van der Waals surface area (Å²) in [6.07, 6.45) is 7.59. The average molecular weight is 496 g/mol. The summed E-state index contributed by atoms with van der Waals surface area (Å²) < 4.78 is 0. The van der Waals surface area contributed by atoms with Gasteiger partial charge in [-0.3, -0.25) is 4.79 Å². The number of alkyl halides is 1. The lowest BCUT2D eigenvalue weighted by atomic mass is 9.55. The lowest BCUT2D eigenvalue weighted by molar-refractivity contribution is -0.0325. The first kappa shape index (κ1) is 22.3. The lowest BCUT2D eigenvalue weighted by Gasteiger charge is -2.50. The van der Waals surface area contributed by atoms with E-state index in [1.165, 1.54) is 30.4 Å². The van der Waals surface area contributed by atoms with Crippen LogP contribution >= 0.6 is 15.9 Å². The van der Waals surface area contributed by atoms with Crippen LogP contribution in [0.25, 0.3) is 0 Å². The number of aryl methyl sites for hydroxylation is 2. The molecular formula is C29H35BrO2. The Morgan fingerprint density at radius 1 is 1.16 bits per heavy atom. The molecule has 2 aromatic carbocycles. The number of benzene rings is 2. The maximum absolute atomic E-state index is 11.8. The van der Waals surface area contributed by atoms with E-state index in [0.29, 0.717) is 17.8 Å². The van der Waals surface area contributed by atoms with Gasteiger partial charge in [-0.1, -0.05) is 59.3 Å². The summed E-state index contributed by atoms with van der Waals surface area (Å²) in [4.78, 5) is 11.8. The zero-order valence-electron chi connectivity index (χ0n) is 19.3. The van der Waals surface area contributed by atoms with Crippen molar-refractivity contribution in [3.63, 3.8) is 0 Å². The molecule has 0 aliphatic heterocycles. The molecule has 3 aliphatic carbocycles. The summed E-state index contributed by atoms with van der Waals surface area (Å²) >= 11 is 3.58. The minimum absolute atomic E-state index is 0.0252. The van der Waals surface area contributed by atoms with Crippen LogP contribution in [0, 0.1) is 23.2 Å². The van der Waals surface area contributed by atoms with E-state index in [-0.39, 0.29) is 23.2 Å². The molecule has 170 valence electrons. The Morgan fingerprint density at radius 2 is 2.00 bits per heavy atom. The van der Waals surface area contributed by atoms with Crippen LogP contribution in [0.1, 0.15) is 78.1 Å². The molecule has 3 aliphatic rings. The highest BCUT2D eigenvalue weighted by Gasteiger charge is 2.57. The highest BCUT2D eigenvalue weighted by Crippen LogP contribution is 2.62. The number of ketones is 1. The normalized spacial score (nSPS) is 33.3. The molecule has 2 aromatic rings. The van der Waals surface area contributed by atoms with Crippen LogP contribution in [0.5, 0.6) is 0 Å². The summed E-state index contributed by atoms with van der Waals surface area (Å²) in [7, 11) is 0. The molecule has 0 unspecified atom stereocenters. The summed E-state index contributed by atoms with van der Waals surface area (Å²) in [5.74, 6) is 2.33. The van der Waals surface area contributed by atoms with Crippen molar-refractivity contribution in [1.29, 1.82) is 0 Å². The molecule has 3 heteroatoms. The van der Waals surface area contributed by atoms with E-state index in [4.69, 9.17) is 0 Å². The molecule has 2 nitrogen and oxygen atoms in total. The number of aliphatic hydroxyl groups excluding tert-OH is 1. The van der Waals surface area contributed by atoms with Gasteiger partial charge in [0, 0.05) is 10.9 Å². The third-order valence-corrected chi connectivity index (χ3v) is 9.52. The Balaban J connectivity index is 1.38. The Morgan fingerprint density at radius 3 is 2.78 bits per heavy atom. The van der Waals surface area contributed by atoms with Crippen molar-refractivity contribution in [3.05, 3.63) is 70.3 Å². The van der Waals surface area contributed by atoms with Crippen LogP contribution in [-0.2, 0) is 19.3 Å². The molecule has 0 spiro atoms. The first-order valence-corrected chi connectivity index (χ1v) is 13.5. The predicted molar refractivity (Wildman–Crippen MR) is 134 cm³/mol. The van der Waals surface area contributed by atoms with Crippen LogP contribution in [-0.4, -0.2) is 22.3 Å². The van der Waals surface area contributed by atoms with Crippen LogP contribution in [0.15, 0.2) is 42.5 Å².